The Morgan fingerprint density at radius 2 is 1.70 bits per heavy atom. The fourth-order valence-corrected chi connectivity index (χ4v) is 8.21. The molecular weight excluding hydrogens is 420 g/mol. The monoisotopic (exact) mass is 446 g/mol. The van der Waals surface area contributed by atoms with Crippen LogP contribution in [0.3, 0.4) is 0 Å². The Labute approximate surface area is 180 Å². The maximum Gasteiger partial charge on any atom is 0.243 e. The van der Waals surface area contributed by atoms with E-state index in [0.717, 1.165) is 27.1 Å². The van der Waals surface area contributed by atoms with Crippen molar-refractivity contribution in [2.75, 3.05) is 18.9 Å². The summed E-state index contributed by atoms with van der Waals surface area (Å²) in [4.78, 5) is 12.6. The van der Waals surface area contributed by atoms with Crippen molar-refractivity contribution in [2.45, 2.75) is 48.8 Å². The van der Waals surface area contributed by atoms with Crippen molar-refractivity contribution in [1.82, 2.24) is 14.5 Å². The maximum atomic E-state index is 12.6. The molecule has 0 radical (unpaired) electrons. The van der Waals surface area contributed by atoms with Gasteiger partial charge in [-0.05, 0) is 68.4 Å². The van der Waals surface area contributed by atoms with Gasteiger partial charge < -0.3 is 0 Å². The van der Waals surface area contributed by atoms with Gasteiger partial charge in [-0.1, -0.05) is 29.5 Å². The lowest BCUT2D eigenvalue weighted by atomic mass is 9.50. The SMILES string of the molecule is CN(CC(=O)Nc1nnc(C23CC4CC(CC(C4)C2)C3)s1)S(=O)(=O)c1ccccc1. The van der Waals surface area contributed by atoms with E-state index in [1.807, 2.05) is 0 Å². The first-order valence-electron chi connectivity index (χ1n) is 10.5. The zero-order chi connectivity index (χ0) is 20.9. The molecule has 1 aromatic heterocycles. The summed E-state index contributed by atoms with van der Waals surface area (Å²) in [5, 5.41) is 12.9. The number of carbonyl (C=O) groups is 1. The summed E-state index contributed by atoms with van der Waals surface area (Å²) < 4.78 is 26.3. The van der Waals surface area contributed by atoms with E-state index in [1.54, 1.807) is 18.2 Å². The second kappa shape index (κ2) is 7.39. The molecule has 6 rings (SSSR count). The molecule has 30 heavy (non-hydrogen) atoms. The molecular formula is C21H26N4O3S2. The van der Waals surface area contributed by atoms with Crippen molar-refractivity contribution in [2.24, 2.45) is 17.8 Å². The smallest absolute Gasteiger partial charge is 0.243 e. The van der Waals surface area contributed by atoms with Crippen molar-refractivity contribution in [3.05, 3.63) is 35.3 Å². The zero-order valence-electron chi connectivity index (χ0n) is 17.0. The lowest BCUT2D eigenvalue weighted by molar-refractivity contribution is -0.116. The highest BCUT2D eigenvalue weighted by Crippen LogP contribution is 2.61. The number of amides is 1. The standard InChI is InChI=1S/C21H26N4O3S2/c1-25(30(27,28)17-5-3-2-4-6-17)13-18(26)22-20-24-23-19(29-20)21-10-14-7-15(11-21)9-16(8-14)12-21/h2-6,14-16H,7-13H2,1H3,(H,22,24,26). The van der Waals surface area contributed by atoms with Crippen LogP contribution in [0.2, 0.25) is 0 Å². The van der Waals surface area contributed by atoms with Gasteiger partial charge in [0, 0.05) is 12.5 Å². The molecule has 1 amide bonds. The van der Waals surface area contributed by atoms with E-state index < -0.39 is 15.9 Å². The Morgan fingerprint density at radius 3 is 2.30 bits per heavy atom. The van der Waals surface area contributed by atoms with E-state index in [-0.39, 0.29) is 16.9 Å². The molecule has 0 aliphatic heterocycles. The lowest BCUT2D eigenvalue weighted by Gasteiger charge is -2.55. The van der Waals surface area contributed by atoms with Crippen molar-refractivity contribution < 1.29 is 13.2 Å². The first kappa shape index (κ1) is 20.1. The molecule has 4 bridgehead atoms. The van der Waals surface area contributed by atoms with Crippen LogP contribution in [0.15, 0.2) is 35.2 Å². The van der Waals surface area contributed by atoms with Crippen LogP contribution in [0.25, 0.3) is 0 Å². The van der Waals surface area contributed by atoms with Gasteiger partial charge in [-0.15, -0.1) is 10.2 Å². The number of anilines is 1. The third-order valence-corrected chi connectivity index (χ3v) is 9.88. The van der Waals surface area contributed by atoms with Gasteiger partial charge in [0.25, 0.3) is 0 Å². The Kier molecular flexibility index (Phi) is 4.95. The largest absolute Gasteiger partial charge is 0.299 e. The predicted molar refractivity (Wildman–Crippen MR) is 115 cm³/mol. The minimum atomic E-state index is -3.71. The number of sulfonamides is 1. The number of carbonyl (C=O) groups excluding carboxylic acids is 1. The molecule has 0 spiro atoms. The average Bonchev–Trinajstić information content (AvgIpc) is 3.17. The third-order valence-electron chi connectivity index (χ3n) is 6.98. The molecule has 0 atom stereocenters. The quantitative estimate of drug-likeness (QED) is 0.735. The number of hydrogen-bond donors (Lipinski definition) is 1. The Bertz CT molecular complexity index is 1020. The minimum Gasteiger partial charge on any atom is -0.299 e. The van der Waals surface area contributed by atoms with Crippen LogP contribution in [0.4, 0.5) is 5.13 Å². The molecule has 9 heteroatoms. The summed E-state index contributed by atoms with van der Waals surface area (Å²) in [7, 11) is -2.31. The first-order valence-corrected chi connectivity index (χ1v) is 12.7. The van der Waals surface area contributed by atoms with E-state index in [0.29, 0.717) is 5.13 Å². The number of nitrogens with one attached hydrogen (secondary N) is 1. The van der Waals surface area contributed by atoms with Crippen LogP contribution in [0.1, 0.15) is 43.5 Å². The number of aromatic nitrogens is 2. The van der Waals surface area contributed by atoms with Gasteiger partial charge >= 0.3 is 0 Å². The van der Waals surface area contributed by atoms with E-state index in [2.05, 4.69) is 15.5 Å². The van der Waals surface area contributed by atoms with Gasteiger partial charge in [0.1, 0.15) is 5.01 Å². The lowest BCUT2D eigenvalue weighted by Crippen LogP contribution is -2.48. The van der Waals surface area contributed by atoms with Crippen molar-refractivity contribution in [1.29, 1.82) is 0 Å². The topological polar surface area (TPSA) is 92.3 Å². The van der Waals surface area contributed by atoms with Gasteiger partial charge in [0.2, 0.25) is 21.1 Å². The molecule has 4 aliphatic carbocycles. The molecule has 4 aliphatic rings. The van der Waals surface area contributed by atoms with E-state index in [1.165, 1.54) is 69.0 Å². The molecule has 4 fully saturated rings. The van der Waals surface area contributed by atoms with Gasteiger partial charge in [-0.3, -0.25) is 10.1 Å². The Hall–Kier alpha value is -1.84. The highest BCUT2D eigenvalue weighted by Gasteiger charge is 2.53. The molecule has 1 heterocycles. The molecule has 1 aromatic carbocycles. The number of likely N-dealkylation sites (N-methyl/N-ethyl adjacent to an activating group) is 1. The summed E-state index contributed by atoms with van der Waals surface area (Å²) >= 11 is 1.46. The molecule has 4 saturated carbocycles. The minimum absolute atomic E-state index is 0.142. The number of nitrogens with zero attached hydrogens (tertiary/aromatic N) is 3. The average molecular weight is 447 g/mol. The first-order chi connectivity index (χ1) is 14.3. The zero-order valence-corrected chi connectivity index (χ0v) is 18.6. The molecule has 0 unspecified atom stereocenters. The third kappa shape index (κ3) is 3.56. The fraction of sp³-hybridized carbons (Fsp3) is 0.571. The van der Waals surface area contributed by atoms with Gasteiger partial charge in [0.15, 0.2) is 0 Å². The second-order valence-electron chi connectivity index (χ2n) is 9.23. The molecule has 7 nitrogen and oxygen atoms in total. The maximum absolute atomic E-state index is 12.6. The van der Waals surface area contributed by atoms with Crippen LogP contribution >= 0.6 is 11.3 Å². The van der Waals surface area contributed by atoms with E-state index in [4.69, 9.17) is 0 Å². The fourth-order valence-electron chi connectivity index (χ4n) is 6.08. The summed E-state index contributed by atoms with van der Waals surface area (Å²) in [5.41, 5.74) is 0.142. The van der Waals surface area contributed by atoms with Gasteiger partial charge in [-0.2, -0.15) is 4.31 Å². The normalized spacial score (nSPS) is 30.0. The highest BCUT2D eigenvalue weighted by molar-refractivity contribution is 7.89. The molecule has 0 saturated heterocycles. The summed E-state index contributed by atoms with van der Waals surface area (Å²) in [6.07, 6.45) is 7.68. The number of hydrogen-bond acceptors (Lipinski definition) is 6. The predicted octanol–water partition coefficient (Wildman–Crippen LogP) is 3.27. The molecule has 160 valence electrons. The van der Waals surface area contributed by atoms with Crippen LogP contribution in [0, 0.1) is 17.8 Å². The molecule has 2 aromatic rings. The van der Waals surface area contributed by atoms with Crippen LogP contribution < -0.4 is 5.32 Å². The van der Waals surface area contributed by atoms with Gasteiger partial charge in [0.05, 0.1) is 11.4 Å². The van der Waals surface area contributed by atoms with Crippen molar-refractivity contribution >= 4 is 32.4 Å². The summed E-state index contributed by atoms with van der Waals surface area (Å²) in [6, 6.07) is 8.11. The van der Waals surface area contributed by atoms with Crippen LogP contribution in [-0.4, -0.2) is 42.4 Å². The van der Waals surface area contributed by atoms with Crippen molar-refractivity contribution in [3.8, 4) is 0 Å². The van der Waals surface area contributed by atoms with Crippen molar-refractivity contribution in [3.63, 3.8) is 0 Å². The van der Waals surface area contributed by atoms with E-state index in [9.17, 15) is 13.2 Å². The summed E-state index contributed by atoms with van der Waals surface area (Å²) in [5.74, 6) is 2.03. The Morgan fingerprint density at radius 1 is 1.10 bits per heavy atom. The van der Waals surface area contributed by atoms with Crippen LogP contribution in [0.5, 0.6) is 0 Å². The van der Waals surface area contributed by atoms with Crippen LogP contribution in [-0.2, 0) is 20.2 Å². The van der Waals surface area contributed by atoms with E-state index >= 15 is 0 Å². The highest BCUT2D eigenvalue weighted by atomic mass is 32.2. The summed E-state index contributed by atoms with van der Waals surface area (Å²) in [6.45, 7) is -0.274. The number of rotatable bonds is 6. The Balaban J connectivity index is 1.25. The van der Waals surface area contributed by atoms with Gasteiger partial charge in [-0.25, -0.2) is 8.42 Å². The molecule has 1 N–H and O–H groups in total. The second-order valence-corrected chi connectivity index (χ2v) is 12.3. The number of benzene rings is 1.